The number of hydrazine groups is 1. The van der Waals surface area contributed by atoms with Crippen LogP contribution in [0.1, 0.15) is 4.88 Å². The third-order valence-electron chi connectivity index (χ3n) is 3.00. The van der Waals surface area contributed by atoms with Crippen molar-refractivity contribution in [3.63, 3.8) is 0 Å². The molecule has 0 amide bonds. The van der Waals surface area contributed by atoms with Gasteiger partial charge in [-0.25, -0.2) is 0 Å². The molecule has 0 saturated carbocycles. The van der Waals surface area contributed by atoms with Crippen LogP contribution in [-0.2, 0) is 11.2 Å². The lowest BCUT2D eigenvalue weighted by atomic mass is 10.1. The molecule has 1 aliphatic heterocycles. The van der Waals surface area contributed by atoms with E-state index in [1.807, 2.05) is 0 Å². The van der Waals surface area contributed by atoms with Crippen LogP contribution in [0.25, 0.3) is 0 Å². The first-order valence-corrected chi connectivity index (χ1v) is 7.35. The van der Waals surface area contributed by atoms with Gasteiger partial charge in [0, 0.05) is 34.2 Å². The van der Waals surface area contributed by atoms with E-state index in [1.54, 1.807) is 11.3 Å². The van der Waals surface area contributed by atoms with E-state index >= 15 is 0 Å². The fraction of sp³-hybridized carbons (Fsp3) is 0.636. The molecule has 0 aliphatic carbocycles. The first-order chi connectivity index (χ1) is 8.19. The van der Waals surface area contributed by atoms with E-state index in [0.29, 0.717) is 0 Å². The van der Waals surface area contributed by atoms with Crippen molar-refractivity contribution in [2.75, 3.05) is 26.7 Å². The topological polar surface area (TPSA) is 50.5 Å². The molecule has 0 bridgehead atoms. The van der Waals surface area contributed by atoms with Gasteiger partial charge in [0.05, 0.1) is 18.8 Å². The van der Waals surface area contributed by atoms with E-state index < -0.39 is 0 Å². The van der Waals surface area contributed by atoms with E-state index in [0.717, 1.165) is 30.6 Å². The fourth-order valence-corrected chi connectivity index (χ4v) is 3.54. The van der Waals surface area contributed by atoms with Gasteiger partial charge in [-0.05, 0) is 29.0 Å². The van der Waals surface area contributed by atoms with Crippen molar-refractivity contribution >= 4 is 27.3 Å². The van der Waals surface area contributed by atoms with Gasteiger partial charge < -0.3 is 9.64 Å². The van der Waals surface area contributed by atoms with E-state index in [2.05, 4.69) is 44.7 Å². The molecule has 6 heteroatoms. The quantitative estimate of drug-likeness (QED) is 0.647. The van der Waals surface area contributed by atoms with Gasteiger partial charge in [0.15, 0.2) is 0 Å². The first-order valence-electron chi connectivity index (χ1n) is 5.68. The van der Waals surface area contributed by atoms with Gasteiger partial charge >= 0.3 is 0 Å². The van der Waals surface area contributed by atoms with Crippen molar-refractivity contribution in [3.05, 3.63) is 20.8 Å². The van der Waals surface area contributed by atoms with Gasteiger partial charge in [-0.15, -0.1) is 11.3 Å². The third-order valence-corrected chi connectivity index (χ3v) is 4.72. The highest BCUT2D eigenvalue weighted by molar-refractivity contribution is 9.10. The second-order valence-corrected chi connectivity index (χ2v) is 6.29. The Kier molecular flexibility index (Phi) is 4.96. The number of hydrogen-bond donors (Lipinski definition) is 2. The monoisotopic (exact) mass is 319 g/mol. The predicted molar refractivity (Wildman–Crippen MR) is 74.1 cm³/mol. The van der Waals surface area contributed by atoms with Crippen LogP contribution in [0.4, 0.5) is 0 Å². The van der Waals surface area contributed by atoms with Crippen LogP contribution in [0.5, 0.6) is 0 Å². The van der Waals surface area contributed by atoms with Gasteiger partial charge in [-0.2, -0.15) is 0 Å². The molecule has 2 unspecified atom stereocenters. The summed E-state index contributed by atoms with van der Waals surface area (Å²) in [5, 5.41) is 2.09. The number of morpholine rings is 1. The summed E-state index contributed by atoms with van der Waals surface area (Å²) in [4.78, 5) is 3.60. The van der Waals surface area contributed by atoms with Crippen molar-refractivity contribution in [2.45, 2.75) is 18.6 Å². The molecule has 0 radical (unpaired) electrons. The second kappa shape index (κ2) is 6.26. The zero-order valence-electron chi connectivity index (χ0n) is 9.86. The van der Waals surface area contributed by atoms with Crippen LogP contribution >= 0.6 is 27.3 Å². The Bertz CT molecular complexity index is 360. The molecule has 1 aromatic rings. The molecule has 2 atom stereocenters. The number of likely N-dealkylation sites (N-methyl/N-ethyl adjacent to an activating group) is 1. The van der Waals surface area contributed by atoms with Crippen LogP contribution < -0.4 is 11.3 Å². The molecule has 4 nitrogen and oxygen atoms in total. The SMILES string of the molecule is CN1CCOC(C(Cc2cc(Br)cs2)NN)C1. The molecule has 2 heterocycles. The van der Waals surface area contributed by atoms with Crippen LogP contribution in [0.15, 0.2) is 15.9 Å². The van der Waals surface area contributed by atoms with E-state index in [1.165, 1.54) is 4.88 Å². The van der Waals surface area contributed by atoms with Gasteiger partial charge in [0.25, 0.3) is 0 Å². The van der Waals surface area contributed by atoms with E-state index in [-0.39, 0.29) is 12.1 Å². The molecule has 1 saturated heterocycles. The zero-order valence-corrected chi connectivity index (χ0v) is 12.3. The number of nitrogens with one attached hydrogen (secondary N) is 1. The van der Waals surface area contributed by atoms with Crippen LogP contribution in [0, 0.1) is 0 Å². The molecule has 96 valence electrons. The van der Waals surface area contributed by atoms with Gasteiger partial charge in [-0.3, -0.25) is 11.3 Å². The first kappa shape index (κ1) is 13.5. The van der Waals surface area contributed by atoms with Crippen molar-refractivity contribution < 1.29 is 4.74 Å². The van der Waals surface area contributed by atoms with Gasteiger partial charge in [0.2, 0.25) is 0 Å². The van der Waals surface area contributed by atoms with E-state index in [9.17, 15) is 0 Å². The molecule has 17 heavy (non-hydrogen) atoms. The lowest BCUT2D eigenvalue weighted by Gasteiger charge is -2.34. The number of hydrogen-bond acceptors (Lipinski definition) is 5. The highest BCUT2D eigenvalue weighted by Crippen LogP contribution is 2.22. The largest absolute Gasteiger partial charge is 0.374 e. The normalized spacial score (nSPS) is 23.8. The molecule has 0 spiro atoms. The van der Waals surface area contributed by atoms with Crippen molar-refractivity contribution in [3.8, 4) is 0 Å². The fourth-order valence-electron chi connectivity index (χ4n) is 2.03. The summed E-state index contributed by atoms with van der Waals surface area (Å²) >= 11 is 5.22. The molecular weight excluding hydrogens is 302 g/mol. The summed E-state index contributed by atoms with van der Waals surface area (Å²) in [5.41, 5.74) is 2.89. The van der Waals surface area contributed by atoms with E-state index in [4.69, 9.17) is 10.6 Å². The lowest BCUT2D eigenvalue weighted by Crippen LogP contribution is -2.53. The van der Waals surface area contributed by atoms with Gasteiger partial charge in [-0.1, -0.05) is 0 Å². The molecule has 3 N–H and O–H groups in total. The number of rotatable bonds is 4. The minimum Gasteiger partial charge on any atom is -0.374 e. The summed E-state index contributed by atoms with van der Waals surface area (Å²) < 4.78 is 6.92. The number of ether oxygens (including phenoxy) is 1. The average Bonchev–Trinajstić information content (AvgIpc) is 2.72. The predicted octanol–water partition coefficient (Wildman–Crippen LogP) is 1.22. The van der Waals surface area contributed by atoms with Crippen molar-refractivity contribution in [2.24, 2.45) is 5.84 Å². The number of nitrogens with zero attached hydrogens (tertiary/aromatic N) is 1. The minimum atomic E-state index is 0.166. The number of thiophene rings is 1. The lowest BCUT2D eigenvalue weighted by molar-refractivity contribution is -0.0383. The summed E-state index contributed by atoms with van der Waals surface area (Å²) in [6.45, 7) is 2.72. The molecule has 1 fully saturated rings. The summed E-state index contributed by atoms with van der Waals surface area (Å²) in [7, 11) is 2.12. The van der Waals surface area contributed by atoms with Crippen LogP contribution in [-0.4, -0.2) is 43.8 Å². The zero-order chi connectivity index (χ0) is 12.3. The summed E-state index contributed by atoms with van der Waals surface area (Å²) in [6, 6.07) is 2.31. The minimum absolute atomic E-state index is 0.166. The summed E-state index contributed by atoms with van der Waals surface area (Å²) in [6.07, 6.45) is 1.07. The highest BCUT2D eigenvalue weighted by atomic mass is 79.9. The maximum absolute atomic E-state index is 5.79. The molecule has 1 aliphatic rings. The summed E-state index contributed by atoms with van der Waals surface area (Å²) in [5.74, 6) is 5.65. The second-order valence-electron chi connectivity index (χ2n) is 4.38. The Morgan fingerprint density at radius 1 is 1.76 bits per heavy atom. The molecule has 1 aromatic heterocycles. The Morgan fingerprint density at radius 3 is 3.18 bits per heavy atom. The Balaban J connectivity index is 1.95. The standard InChI is InChI=1S/C11H18BrN3OS/c1-15-2-3-16-11(6-15)10(14-13)5-9-4-8(12)7-17-9/h4,7,10-11,14H,2-3,5-6,13H2,1H3. The van der Waals surface area contributed by atoms with Crippen molar-refractivity contribution in [1.82, 2.24) is 10.3 Å². The van der Waals surface area contributed by atoms with Crippen molar-refractivity contribution in [1.29, 1.82) is 0 Å². The number of halogens is 1. The maximum Gasteiger partial charge on any atom is 0.0872 e. The Morgan fingerprint density at radius 2 is 2.59 bits per heavy atom. The maximum atomic E-state index is 5.79. The van der Waals surface area contributed by atoms with Crippen LogP contribution in [0.2, 0.25) is 0 Å². The molecule has 0 aromatic carbocycles. The van der Waals surface area contributed by atoms with Gasteiger partial charge in [0.1, 0.15) is 0 Å². The third kappa shape index (κ3) is 3.74. The highest BCUT2D eigenvalue weighted by Gasteiger charge is 2.26. The number of nitrogens with two attached hydrogens (primary N) is 1. The smallest absolute Gasteiger partial charge is 0.0872 e. The Labute approximate surface area is 114 Å². The van der Waals surface area contributed by atoms with Crippen LogP contribution in [0.3, 0.4) is 0 Å². The molecular formula is C11H18BrN3OS. The average molecular weight is 320 g/mol. The molecule has 2 rings (SSSR count). The Hall–Kier alpha value is 0.0200.